The fourth-order valence-electron chi connectivity index (χ4n) is 4.62. The van der Waals surface area contributed by atoms with Crippen molar-refractivity contribution in [3.8, 4) is 0 Å². The molecule has 1 aliphatic carbocycles. The minimum atomic E-state index is -0.875. The van der Waals surface area contributed by atoms with Gasteiger partial charge < -0.3 is 19.9 Å². The molecule has 2 heterocycles. The molecule has 2 unspecified atom stereocenters. The van der Waals surface area contributed by atoms with Gasteiger partial charge >= 0.3 is 12.2 Å². The monoisotopic (exact) mass is 374 g/mol. The Hall–Kier alpha value is -2.28. The van der Waals surface area contributed by atoms with Crippen molar-refractivity contribution in [3.63, 3.8) is 0 Å². The number of primary amides is 1. The normalized spacial score (nSPS) is 32.2. The minimum Gasteiger partial charge on any atom is -0.446 e. The van der Waals surface area contributed by atoms with E-state index in [0.717, 1.165) is 18.9 Å². The number of ether oxygens (including phenoxy) is 3. The van der Waals surface area contributed by atoms with E-state index in [2.05, 4.69) is 12.1 Å². The molecule has 4 rings (SSSR count). The highest BCUT2D eigenvalue weighted by atomic mass is 16.6. The van der Waals surface area contributed by atoms with Gasteiger partial charge in [-0.2, -0.15) is 0 Å². The SMILES string of the molecule is CC(C)(C)C1[C@@H](COC(N)=O)OC(=O)N1c1ccc(C2[C@H]3COC[C@@H]23)cc1. The van der Waals surface area contributed by atoms with E-state index in [0.29, 0.717) is 17.8 Å². The van der Waals surface area contributed by atoms with E-state index in [1.54, 1.807) is 4.90 Å². The standard InChI is InChI=1S/C20H26N2O5/c1-20(2,3)17-15(10-26-18(21)23)27-19(24)22(17)12-6-4-11(5-7-12)16-13-8-25-9-14(13)16/h4-7,13-17H,8-10H2,1-3H3,(H2,21,23)/t13-,14+,15-,16?,17?/m1/s1. The maximum Gasteiger partial charge on any atom is 0.415 e. The molecule has 27 heavy (non-hydrogen) atoms. The molecule has 1 aromatic rings. The topological polar surface area (TPSA) is 91.1 Å². The van der Waals surface area contributed by atoms with Crippen LogP contribution in [0.1, 0.15) is 32.3 Å². The molecule has 1 aromatic carbocycles. The zero-order chi connectivity index (χ0) is 19.3. The quantitative estimate of drug-likeness (QED) is 0.875. The van der Waals surface area contributed by atoms with Crippen LogP contribution in [0.25, 0.3) is 0 Å². The lowest BCUT2D eigenvalue weighted by atomic mass is 9.82. The van der Waals surface area contributed by atoms with Crippen LogP contribution in [0.3, 0.4) is 0 Å². The van der Waals surface area contributed by atoms with Crippen molar-refractivity contribution in [2.75, 3.05) is 24.7 Å². The Morgan fingerprint density at radius 1 is 1.22 bits per heavy atom. The summed E-state index contributed by atoms with van der Waals surface area (Å²) in [6, 6.07) is 7.86. The fraction of sp³-hybridized carbons (Fsp3) is 0.600. The highest BCUT2D eigenvalue weighted by molar-refractivity contribution is 5.91. The maximum absolute atomic E-state index is 12.6. The van der Waals surface area contributed by atoms with Gasteiger partial charge in [0.25, 0.3) is 0 Å². The first-order valence-electron chi connectivity index (χ1n) is 9.37. The number of carbonyl (C=O) groups is 2. The van der Waals surface area contributed by atoms with Crippen molar-refractivity contribution in [2.24, 2.45) is 23.0 Å². The number of fused-ring (bicyclic) bond motifs is 1. The second-order valence-corrected chi connectivity index (χ2v) is 8.72. The predicted octanol–water partition coefficient (Wildman–Crippen LogP) is 2.88. The third-order valence-electron chi connectivity index (χ3n) is 5.86. The average Bonchev–Trinajstić information content (AvgIpc) is 2.92. The summed E-state index contributed by atoms with van der Waals surface area (Å²) in [7, 11) is 0. The molecule has 3 fully saturated rings. The van der Waals surface area contributed by atoms with E-state index < -0.39 is 18.3 Å². The molecule has 2 N–H and O–H groups in total. The molecule has 0 spiro atoms. The van der Waals surface area contributed by atoms with E-state index in [4.69, 9.17) is 19.9 Å². The summed E-state index contributed by atoms with van der Waals surface area (Å²) in [6.45, 7) is 7.74. The molecule has 146 valence electrons. The van der Waals surface area contributed by atoms with Crippen LogP contribution in [0.2, 0.25) is 0 Å². The average molecular weight is 374 g/mol. The fourth-order valence-corrected chi connectivity index (χ4v) is 4.62. The van der Waals surface area contributed by atoms with Crippen LogP contribution in [0.15, 0.2) is 24.3 Å². The van der Waals surface area contributed by atoms with Crippen LogP contribution < -0.4 is 10.6 Å². The summed E-state index contributed by atoms with van der Waals surface area (Å²) >= 11 is 0. The van der Waals surface area contributed by atoms with Gasteiger partial charge in [0.05, 0.1) is 19.3 Å². The molecular weight excluding hydrogens is 348 g/mol. The molecule has 0 bridgehead atoms. The largest absolute Gasteiger partial charge is 0.446 e. The Morgan fingerprint density at radius 2 is 1.85 bits per heavy atom. The lowest BCUT2D eigenvalue weighted by Gasteiger charge is -2.35. The van der Waals surface area contributed by atoms with Gasteiger partial charge in [-0.3, -0.25) is 4.90 Å². The van der Waals surface area contributed by atoms with Crippen LogP contribution in [0.4, 0.5) is 15.3 Å². The van der Waals surface area contributed by atoms with Crippen LogP contribution in [-0.2, 0) is 14.2 Å². The molecule has 0 aromatic heterocycles. The number of rotatable bonds is 4. The molecule has 2 aliphatic heterocycles. The van der Waals surface area contributed by atoms with Gasteiger partial charge in [-0.1, -0.05) is 32.9 Å². The van der Waals surface area contributed by atoms with E-state index >= 15 is 0 Å². The molecule has 1 saturated carbocycles. The first kappa shape index (κ1) is 18.1. The Bertz CT molecular complexity index is 732. The van der Waals surface area contributed by atoms with Gasteiger partial charge in [-0.25, -0.2) is 9.59 Å². The molecule has 0 radical (unpaired) electrons. The summed E-state index contributed by atoms with van der Waals surface area (Å²) < 4.78 is 15.9. The zero-order valence-corrected chi connectivity index (χ0v) is 15.9. The number of hydrogen-bond acceptors (Lipinski definition) is 5. The van der Waals surface area contributed by atoms with Crippen LogP contribution in [0.5, 0.6) is 0 Å². The van der Waals surface area contributed by atoms with Gasteiger partial charge in [-0.05, 0) is 40.9 Å². The van der Waals surface area contributed by atoms with Crippen LogP contribution in [0, 0.1) is 17.3 Å². The third kappa shape index (κ3) is 3.25. The number of cyclic esters (lactones) is 1. The van der Waals surface area contributed by atoms with Gasteiger partial charge in [0.2, 0.25) is 0 Å². The maximum atomic E-state index is 12.6. The van der Waals surface area contributed by atoms with Crippen molar-refractivity contribution >= 4 is 17.9 Å². The van der Waals surface area contributed by atoms with Crippen molar-refractivity contribution < 1.29 is 23.8 Å². The van der Waals surface area contributed by atoms with Gasteiger partial charge in [0.1, 0.15) is 6.61 Å². The highest BCUT2D eigenvalue weighted by Crippen LogP contribution is 2.57. The lowest BCUT2D eigenvalue weighted by Crippen LogP contribution is -2.47. The number of anilines is 1. The third-order valence-corrected chi connectivity index (χ3v) is 5.86. The van der Waals surface area contributed by atoms with Gasteiger partial charge in [0, 0.05) is 5.69 Å². The van der Waals surface area contributed by atoms with Crippen LogP contribution in [-0.4, -0.2) is 44.2 Å². The second kappa shape index (κ2) is 6.41. The number of hydrogen-bond donors (Lipinski definition) is 1. The Balaban J connectivity index is 1.55. The summed E-state index contributed by atoms with van der Waals surface area (Å²) in [6.07, 6.45) is -1.87. The minimum absolute atomic E-state index is 0.0526. The Kier molecular flexibility index (Phi) is 4.29. The van der Waals surface area contributed by atoms with Crippen molar-refractivity contribution in [1.82, 2.24) is 0 Å². The summed E-state index contributed by atoms with van der Waals surface area (Å²) in [5.41, 5.74) is 6.88. The second-order valence-electron chi connectivity index (χ2n) is 8.72. The first-order valence-corrected chi connectivity index (χ1v) is 9.37. The van der Waals surface area contributed by atoms with Crippen molar-refractivity contribution in [1.29, 1.82) is 0 Å². The summed E-state index contributed by atoms with van der Waals surface area (Å²) in [4.78, 5) is 25.2. The van der Waals surface area contributed by atoms with Crippen molar-refractivity contribution in [3.05, 3.63) is 29.8 Å². The molecule has 2 saturated heterocycles. The predicted molar refractivity (Wildman–Crippen MR) is 98.5 cm³/mol. The molecule has 5 atom stereocenters. The molecule has 7 heteroatoms. The molecule has 2 amide bonds. The highest BCUT2D eigenvalue weighted by Gasteiger charge is 2.54. The van der Waals surface area contributed by atoms with Crippen molar-refractivity contribution in [2.45, 2.75) is 38.8 Å². The van der Waals surface area contributed by atoms with E-state index in [1.165, 1.54) is 5.56 Å². The van der Waals surface area contributed by atoms with Gasteiger partial charge in [0.15, 0.2) is 6.10 Å². The number of nitrogens with zero attached hydrogens (tertiary/aromatic N) is 1. The Morgan fingerprint density at radius 3 is 2.41 bits per heavy atom. The number of nitrogens with two attached hydrogens (primary N) is 1. The summed E-state index contributed by atoms with van der Waals surface area (Å²) in [5, 5.41) is 0. The number of benzene rings is 1. The Labute approximate surface area is 158 Å². The molecule has 3 aliphatic rings. The molecular formula is C20H26N2O5. The van der Waals surface area contributed by atoms with E-state index in [9.17, 15) is 9.59 Å². The smallest absolute Gasteiger partial charge is 0.415 e. The van der Waals surface area contributed by atoms with E-state index in [1.807, 2.05) is 32.9 Å². The number of carbonyl (C=O) groups excluding carboxylic acids is 2. The summed E-state index contributed by atoms with van der Waals surface area (Å²) in [5.74, 6) is 1.86. The van der Waals surface area contributed by atoms with E-state index in [-0.39, 0.29) is 18.1 Å². The first-order chi connectivity index (χ1) is 12.8. The van der Waals surface area contributed by atoms with Crippen LogP contribution >= 0.6 is 0 Å². The zero-order valence-electron chi connectivity index (χ0n) is 15.9. The lowest BCUT2D eigenvalue weighted by molar-refractivity contribution is 0.0504. The number of amides is 2. The van der Waals surface area contributed by atoms with Gasteiger partial charge in [-0.15, -0.1) is 0 Å². The molecule has 7 nitrogen and oxygen atoms in total.